The van der Waals surface area contributed by atoms with Crippen molar-refractivity contribution >= 4 is 34.1 Å². The van der Waals surface area contributed by atoms with Crippen LogP contribution in [-0.2, 0) is 19.1 Å². The third kappa shape index (κ3) is 6.24. The zero-order valence-corrected chi connectivity index (χ0v) is 25.2. The first-order chi connectivity index (χ1) is 20.5. The number of carbonyl (C=O) groups is 3. The maximum absolute atomic E-state index is 13.8. The second-order valence-corrected chi connectivity index (χ2v) is 12.7. The molecule has 11 heteroatoms. The topological polar surface area (TPSA) is 104 Å². The molecular formula is C31H41N5O5S. The van der Waals surface area contributed by atoms with Gasteiger partial charge in [0.25, 0.3) is 5.91 Å². The Balaban J connectivity index is 1.10. The summed E-state index contributed by atoms with van der Waals surface area (Å²) in [6, 6.07) is 6.31. The van der Waals surface area contributed by atoms with Crippen LogP contribution in [0.4, 0.5) is 5.13 Å². The van der Waals surface area contributed by atoms with E-state index in [0.29, 0.717) is 18.5 Å². The van der Waals surface area contributed by atoms with Gasteiger partial charge in [-0.15, -0.1) is 11.3 Å². The number of rotatable bonds is 9. The van der Waals surface area contributed by atoms with E-state index < -0.39 is 12.1 Å². The number of thiazole rings is 1. The normalized spacial score (nSPS) is 24.2. The van der Waals surface area contributed by atoms with Gasteiger partial charge in [-0.25, -0.2) is 4.98 Å². The fourth-order valence-corrected chi connectivity index (χ4v) is 7.70. The number of aromatic nitrogens is 1. The van der Waals surface area contributed by atoms with Crippen LogP contribution in [0.1, 0.15) is 48.9 Å². The van der Waals surface area contributed by atoms with Crippen molar-refractivity contribution in [3.63, 3.8) is 0 Å². The fraction of sp³-hybridized carbons (Fsp3) is 0.613. The molecule has 2 amide bonds. The maximum Gasteiger partial charge on any atom is 0.251 e. The van der Waals surface area contributed by atoms with Gasteiger partial charge in [-0.1, -0.05) is 31.4 Å². The van der Waals surface area contributed by atoms with Crippen molar-refractivity contribution in [2.75, 3.05) is 64.5 Å². The minimum Gasteiger partial charge on any atom is -0.383 e. The van der Waals surface area contributed by atoms with Crippen molar-refractivity contribution in [2.24, 2.45) is 5.92 Å². The summed E-state index contributed by atoms with van der Waals surface area (Å²) in [5.41, 5.74) is 2.36. The number of anilines is 1. The number of amides is 2. The predicted octanol–water partition coefficient (Wildman–Crippen LogP) is 2.83. The van der Waals surface area contributed by atoms with Crippen molar-refractivity contribution in [1.82, 2.24) is 20.1 Å². The van der Waals surface area contributed by atoms with Crippen LogP contribution in [0.3, 0.4) is 0 Å². The fourth-order valence-electron chi connectivity index (χ4n) is 6.81. The summed E-state index contributed by atoms with van der Waals surface area (Å²) in [6.07, 6.45) is 5.49. The molecular weight excluding hydrogens is 554 g/mol. The van der Waals surface area contributed by atoms with Crippen LogP contribution in [-0.4, -0.2) is 110 Å². The van der Waals surface area contributed by atoms with E-state index >= 15 is 0 Å². The predicted molar refractivity (Wildman–Crippen MR) is 161 cm³/mol. The molecule has 4 heterocycles. The summed E-state index contributed by atoms with van der Waals surface area (Å²) in [6.45, 7) is 6.14. The van der Waals surface area contributed by atoms with Crippen LogP contribution in [0, 0.1) is 5.92 Å². The molecule has 0 spiro atoms. The number of methoxy groups -OCH3 is 1. The Morgan fingerprint density at radius 1 is 1.07 bits per heavy atom. The molecule has 1 saturated carbocycles. The van der Waals surface area contributed by atoms with E-state index in [1.807, 2.05) is 12.1 Å². The summed E-state index contributed by atoms with van der Waals surface area (Å²) >= 11 is 1.64. The molecule has 42 heavy (non-hydrogen) atoms. The van der Waals surface area contributed by atoms with Crippen LogP contribution in [0.2, 0.25) is 0 Å². The number of carbonyl (C=O) groups excluding carboxylic acids is 3. The summed E-state index contributed by atoms with van der Waals surface area (Å²) in [4.78, 5) is 51.1. The van der Waals surface area contributed by atoms with Crippen LogP contribution < -0.4 is 10.2 Å². The summed E-state index contributed by atoms with van der Waals surface area (Å²) in [5, 5.41) is 6.17. The first-order valence-corrected chi connectivity index (χ1v) is 16.2. The third-order valence-electron chi connectivity index (χ3n) is 9.26. The average Bonchev–Trinajstić information content (AvgIpc) is 3.78. The highest BCUT2D eigenvalue weighted by molar-refractivity contribution is 7.14. The molecule has 0 radical (unpaired) electrons. The van der Waals surface area contributed by atoms with Gasteiger partial charge in [0.15, 0.2) is 10.9 Å². The van der Waals surface area contributed by atoms with Gasteiger partial charge in [-0.05, 0) is 37.3 Å². The SMILES string of the molecule is COCCN1CCN(c2nc(-c3ccc(C(=O)N[C@H](C(=O)N4CC[C@H]5OCC(=O)[C@H]54)C4CCCCC4)cc3)cs2)CC1. The number of piperazine rings is 1. The molecule has 3 atom stereocenters. The average molecular weight is 596 g/mol. The summed E-state index contributed by atoms with van der Waals surface area (Å²) in [5.74, 6) is -0.376. The minimum atomic E-state index is -0.638. The van der Waals surface area contributed by atoms with Crippen LogP contribution >= 0.6 is 11.3 Å². The number of hydrogen-bond acceptors (Lipinski definition) is 9. The van der Waals surface area contributed by atoms with Crippen LogP contribution in [0.25, 0.3) is 11.3 Å². The quantitative estimate of drug-likeness (QED) is 0.472. The van der Waals surface area contributed by atoms with Crippen molar-refractivity contribution in [3.8, 4) is 11.3 Å². The lowest BCUT2D eigenvalue weighted by Crippen LogP contribution is -2.55. The highest BCUT2D eigenvalue weighted by atomic mass is 32.1. The number of fused-ring (bicyclic) bond motifs is 1. The van der Waals surface area contributed by atoms with E-state index in [1.54, 1.807) is 35.5 Å². The molecule has 3 aliphatic heterocycles. The number of Topliss-reactive ketones (excluding diaryl/α,β-unsaturated/α-hetero) is 1. The number of likely N-dealkylation sites (tertiary alicyclic amines) is 1. The Morgan fingerprint density at radius 3 is 2.57 bits per heavy atom. The second kappa shape index (κ2) is 13.2. The number of nitrogens with zero attached hydrogens (tertiary/aromatic N) is 4. The highest BCUT2D eigenvalue weighted by Crippen LogP contribution is 2.32. The van der Waals surface area contributed by atoms with Gasteiger partial charge in [0, 0.05) is 62.9 Å². The molecule has 226 valence electrons. The standard InChI is InChI=1S/C31H41N5O5S/c1-40-18-17-34-13-15-35(16-14-34)31-32-24(20-42-31)21-7-9-23(10-8-21)29(38)33-27(22-5-3-2-4-6-22)30(39)36-12-11-26-28(36)25(37)19-41-26/h7-10,20,22,26-28H,2-6,11-19H2,1H3,(H,33,38)/t26-,27+,28-/m1/s1. The molecule has 4 fully saturated rings. The second-order valence-electron chi connectivity index (χ2n) is 11.8. The third-order valence-corrected chi connectivity index (χ3v) is 10.2. The summed E-state index contributed by atoms with van der Waals surface area (Å²) < 4.78 is 10.8. The zero-order chi connectivity index (χ0) is 29.1. The number of hydrogen-bond donors (Lipinski definition) is 1. The van der Waals surface area contributed by atoms with Gasteiger partial charge >= 0.3 is 0 Å². The number of ether oxygens (including phenoxy) is 2. The molecule has 10 nitrogen and oxygen atoms in total. The first kappa shape index (κ1) is 29.2. The van der Waals surface area contributed by atoms with E-state index in [2.05, 4.69) is 20.5 Å². The largest absolute Gasteiger partial charge is 0.383 e. The van der Waals surface area contributed by atoms with Crippen LogP contribution in [0.15, 0.2) is 29.6 Å². The molecule has 4 aliphatic rings. The van der Waals surface area contributed by atoms with Gasteiger partial charge < -0.3 is 24.6 Å². The minimum absolute atomic E-state index is 0.0373. The highest BCUT2D eigenvalue weighted by Gasteiger charge is 2.49. The van der Waals surface area contributed by atoms with E-state index in [9.17, 15) is 14.4 Å². The van der Waals surface area contributed by atoms with E-state index in [0.717, 1.165) is 87.8 Å². The van der Waals surface area contributed by atoms with Crippen molar-refractivity contribution in [2.45, 2.75) is 56.7 Å². The Morgan fingerprint density at radius 2 is 1.83 bits per heavy atom. The van der Waals surface area contributed by atoms with Gasteiger partial charge in [-0.3, -0.25) is 19.3 Å². The molecule has 0 bridgehead atoms. The molecule has 2 aromatic rings. The van der Waals surface area contributed by atoms with Gasteiger partial charge in [0.05, 0.1) is 18.4 Å². The maximum atomic E-state index is 13.8. The van der Waals surface area contributed by atoms with Gasteiger partial charge in [0.1, 0.15) is 18.7 Å². The number of nitrogens with one attached hydrogen (secondary N) is 1. The Hall–Kier alpha value is -2.86. The molecule has 1 aliphatic carbocycles. The first-order valence-electron chi connectivity index (χ1n) is 15.3. The van der Waals surface area contributed by atoms with E-state index in [1.165, 1.54) is 0 Å². The van der Waals surface area contributed by atoms with Crippen molar-refractivity contribution in [1.29, 1.82) is 0 Å². The molecule has 3 saturated heterocycles. The Labute approximate surface area is 251 Å². The smallest absolute Gasteiger partial charge is 0.251 e. The molecule has 1 aromatic carbocycles. The molecule has 1 N–H and O–H groups in total. The molecule has 0 unspecified atom stereocenters. The zero-order valence-electron chi connectivity index (χ0n) is 24.3. The van der Waals surface area contributed by atoms with Crippen molar-refractivity contribution < 1.29 is 23.9 Å². The van der Waals surface area contributed by atoms with E-state index in [-0.39, 0.29) is 36.2 Å². The molecule has 6 rings (SSSR count). The van der Waals surface area contributed by atoms with Crippen LogP contribution in [0.5, 0.6) is 0 Å². The lowest BCUT2D eigenvalue weighted by Gasteiger charge is -2.34. The molecule has 1 aromatic heterocycles. The van der Waals surface area contributed by atoms with E-state index in [4.69, 9.17) is 14.5 Å². The lowest BCUT2D eigenvalue weighted by atomic mass is 9.83. The Kier molecular flexibility index (Phi) is 9.18. The van der Waals surface area contributed by atoms with Gasteiger partial charge in [0.2, 0.25) is 5.91 Å². The van der Waals surface area contributed by atoms with Gasteiger partial charge in [-0.2, -0.15) is 0 Å². The van der Waals surface area contributed by atoms with Crippen molar-refractivity contribution in [3.05, 3.63) is 35.2 Å². The number of benzene rings is 1. The Bertz CT molecular complexity index is 1250. The number of ketones is 1. The summed E-state index contributed by atoms with van der Waals surface area (Å²) in [7, 11) is 1.74. The lowest BCUT2D eigenvalue weighted by molar-refractivity contribution is -0.139. The monoisotopic (exact) mass is 595 g/mol.